The van der Waals surface area contributed by atoms with Crippen molar-refractivity contribution in [2.45, 2.75) is 33.6 Å². The molecule has 1 atom stereocenters. The second-order valence-electron chi connectivity index (χ2n) is 4.70. The van der Waals surface area contributed by atoms with Crippen molar-refractivity contribution in [1.82, 2.24) is 5.32 Å². The van der Waals surface area contributed by atoms with Crippen LogP contribution in [0.25, 0.3) is 0 Å². The molecule has 88 valence electrons. The monoisotopic (exact) mass is 211 g/mol. The van der Waals surface area contributed by atoms with Crippen molar-refractivity contribution >= 4 is 0 Å². The van der Waals surface area contributed by atoms with Gasteiger partial charge in [0.15, 0.2) is 0 Å². The van der Waals surface area contributed by atoms with Crippen LogP contribution in [0.2, 0.25) is 0 Å². The number of hydrogen-bond acceptors (Lipinski definition) is 2. The van der Waals surface area contributed by atoms with Gasteiger partial charge in [0.05, 0.1) is 6.61 Å². The largest absolute Gasteiger partial charge is 0.381 e. The smallest absolute Gasteiger partial charge is 0.0529 e. The highest BCUT2D eigenvalue weighted by Gasteiger charge is 2.14. The molecule has 0 amide bonds. The summed E-state index contributed by atoms with van der Waals surface area (Å²) in [7, 11) is 0. The van der Waals surface area contributed by atoms with Crippen LogP contribution in [-0.4, -0.2) is 26.3 Å². The van der Waals surface area contributed by atoms with E-state index in [4.69, 9.17) is 4.74 Å². The fraction of sp³-hybridized carbons (Fsp3) is 0.846. The van der Waals surface area contributed by atoms with Gasteiger partial charge in [0.25, 0.3) is 0 Å². The van der Waals surface area contributed by atoms with Crippen molar-refractivity contribution in [1.29, 1.82) is 0 Å². The maximum Gasteiger partial charge on any atom is 0.0529 e. The Bertz CT molecular complexity index is 193. The Morgan fingerprint density at radius 2 is 2.33 bits per heavy atom. The molecule has 1 rings (SSSR count). The molecule has 1 aliphatic heterocycles. The lowest BCUT2D eigenvalue weighted by molar-refractivity contribution is 0.191. The Hall–Kier alpha value is -0.340. The summed E-state index contributed by atoms with van der Waals surface area (Å²) < 4.78 is 5.40. The van der Waals surface area contributed by atoms with Crippen molar-refractivity contribution in [3.63, 3.8) is 0 Å². The maximum atomic E-state index is 5.40. The first-order valence-electron chi connectivity index (χ1n) is 6.23. The van der Waals surface area contributed by atoms with Crippen molar-refractivity contribution in [3.8, 4) is 0 Å². The molecule has 0 aliphatic carbocycles. The van der Waals surface area contributed by atoms with Gasteiger partial charge in [0.1, 0.15) is 0 Å². The van der Waals surface area contributed by atoms with Gasteiger partial charge in [-0.3, -0.25) is 0 Å². The van der Waals surface area contributed by atoms with Crippen LogP contribution in [0.3, 0.4) is 0 Å². The lowest BCUT2D eigenvalue weighted by Gasteiger charge is -2.14. The van der Waals surface area contributed by atoms with Gasteiger partial charge >= 0.3 is 0 Å². The summed E-state index contributed by atoms with van der Waals surface area (Å²) in [6, 6.07) is 0. The third kappa shape index (κ3) is 4.80. The zero-order valence-corrected chi connectivity index (χ0v) is 10.4. The number of hydrogen-bond donors (Lipinski definition) is 1. The van der Waals surface area contributed by atoms with Crippen LogP contribution in [-0.2, 0) is 4.74 Å². The fourth-order valence-electron chi connectivity index (χ4n) is 1.85. The topological polar surface area (TPSA) is 21.3 Å². The summed E-state index contributed by atoms with van der Waals surface area (Å²) in [5.41, 5.74) is 1.54. The summed E-state index contributed by atoms with van der Waals surface area (Å²) in [5, 5.41) is 3.48. The average molecular weight is 211 g/mol. The standard InChI is InChI=1S/C13H25NO/c1-4-6-14-9-13(11(2)3)8-12-5-7-15-10-12/h8,11-12,14H,4-7,9-10H2,1-3H3. The normalized spacial score (nSPS) is 22.7. The molecular weight excluding hydrogens is 186 g/mol. The quantitative estimate of drug-likeness (QED) is 0.538. The molecule has 1 heterocycles. The Morgan fingerprint density at radius 1 is 1.53 bits per heavy atom. The molecular formula is C13H25NO. The molecule has 1 saturated heterocycles. The van der Waals surface area contributed by atoms with Gasteiger partial charge in [-0.25, -0.2) is 0 Å². The first kappa shape index (κ1) is 12.7. The van der Waals surface area contributed by atoms with Gasteiger partial charge in [0.2, 0.25) is 0 Å². The van der Waals surface area contributed by atoms with Crippen LogP contribution < -0.4 is 5.32 Å². The Kier molecular flexibility index (Phi) is 5.96. The van der Waals surface area contributed by atoms with Crippen molar-refractivity contribution in [2.75, 3.05) is 26.3 Å². The predicted octanol–water partition coefficient (Wildman–Crippen LogP) is 2.60. The summed E-state index contributed by atoms with van der Waals surface area (Å²) >= 11 is 0. The minimum Gasteiger partial charge on any atom is -0.381 e. The van der Waals surface area contributed by atoms with Crippen LogP contribution in [0.5, 0.6) is 0 Å². The van der Waals surface area contributed by atoms with Gasteiger partial charge in [-0.05, 0) is 25.3 Å². The van der Waals surface area contributed by atoms with E-state index in [2.05, 4.69) is 32.2 Å². The van der Waals surface area contributed by atoms with Crippen molar-refractivity contribution in [3.05, 3.63) is 11.6 Å². The average Bonchev–Trinajstić information content (AvgIpc) is 2.69. The molecule has 0 aromatic rings. The summed E-state index contributed by atoms with van der Waals surface area (Å²) in [5.74, 6) is 1.31. The third-order valence-corrected chi connectivity index (χ3v) is 2.91. The summed E-state index contributed by atoms with van der Waals surface area (Å²) in [6.07, 6.45) is 4.84. The van der Waals surface area contributed by atoms with Crippen LogP contribution in [0, 0.1) is 11.8 Å². The minimum absolute atomic E-state index is 0.648. The molecule has 2 nitrogen and oxygen atoms in total. The lowest BCUT2D eigenvalue weighted by atomic mass is 9.97. The Labute approximate surface area is 94.1 Å². The Morgan fingerprint density at radius 3 is 2.87 bits per heavy atom. The van der Waals surface area contributed by atoms with E-state index in [-0.39, 0.29) is 0 Å². The second-order valence-corrected chi connectivity index (χ2v) is 4.70. The first-order valence-corrected chi connectivity index (χ1v) is 6.23. The van der Waals surface area contributed by atoms with E-state index >= 15 is 0 Å². The minimum atomic E-state index is 0.648. The lowest BCUT2D eigenvalue weighted by Crippen LogP contribution is -2.20. The van der Waals surface area contributed by atoms with Crippen molar-refractivity contribution < 1.29 is 4.74 Å². The van der Waals surface area contributed by atoms with Crippen molar-refractivity contribution in [2.24, 2.45) is 11.8 Å². The highest BCUT2D eigenvalue weighted by molar-refractivity contribution is 5.09. The molecule has 1 unspecified atom stereocenters. The number of rotatable bonds is 6. The van der Waals surface area contributed by atoms with Gasteiger partial charge in [0, 0.05) is 19.1 Å². The highest BCUT2D eigenvalue weighted by atomic mass is 16.5. The first-order chi connectivity index (χ1) is 7.24. The van der Waals surface area contributed by atoms with E-state index in [1.165, 1.54) is 12.8 Å². The zero-order chi connectivity index (χ0) is 11.1. The molecule has 0 saturated carbocycles. The molecule has 1 N–H and O–H groups in total. The van der Waals surface area contributed by atoms with E-state index in [0.29, 0.717) is 11.8 Å². The molecule has 1 aliphatic rings. The molecule has 1 fully saturated rings. The van der Waals surface area contributed by atoms with Crippen LogP contribution in [0.1, 0.15) is 33.6 Å². The summed E-state index contributed by atoms with van der Waals surface area (Å²) in [6.45, 7) is 10.8. The third-order valence-electron chi connectivity index (χ3n) is 2.91. The van der Waals surface area contributed by atoms with E-state index in [9.17, 15) is 0 Å². The maximum absolute atomic E-state index is 5.40. The molecule has 0 aromatic carbocycles. The van der Waals surface area contributed by atoms with Crippen LogP contribution >= 0.6 is 0 Å². The van der Waals surface area contributed by atoms with E-state index in [1.807, 2.05) is 0 Å². The molecule has 0 radical (unpaired) electrons. The van der Waals surface area contributed by atoms with Gasteiger partial charge in [-0.1, -0.05) is 32.4 Å². The molecule has 15 heavy (non-hydrogen) atoms. The molecule has 0 aromatic heterocycles. The SMILES string of the molecule is CCCNCC(=CC1CCOC1)C(C)C. The van der Waals surface area contributed by atoms with Crippen LogP contribution in [0.15, 0.2) is 11.6 Å². The second kappa shape index (κ2) is 7.02. The van der Waals surface area contributed by atoms with E-state index in [1.54, 1.807) is 5.57 Å². The number of ether oxygens (including phenoxy) is 1. The van der Waals surface area contributed by atoms with Gasteiger partial charge < -0.3 is 10.1 Å². The molecule has 0 spiro atoms. The molecule has 2 heteroatoms. The fourth-order valence-corrected chi connectivity index (χ4v) is 1.85. The summed E-state index contributed by atoms with van der Waals surface area (Å²) in [4.78, 5) is 0. The van der Waals surface area contributed by atoms with Gasteiger partial charge in [-0.15, -0.1) is 0 Å². The molecule has 0 bridgehead atoms. The highest BCUT2D eigenvalue weighted by Crippen LogP contribution is 2.19. The zero-order valence-electron chi connectivity index (χ0n) is 10.4. The van der Waals surface area contributed by atoms with E-state index in [0.717, 1.165) is 26.3 Å². The predicted molar refractivity (Wildman–Crippen MR) is 65.0 cm³/mol. The number of nitrogens with one attached hydrogen (secondary N) is 1. The van der Waals surface area contributed by atoms with Gasteiger partial charge in [-0.2, -0.15) is 0 Å². The Balaban J connectivity index is 2.40. The van der Waals surface area contributed by atoms with E-state index < -0.39 is 0 Å². The van der Waals surface area contributed by atoms with Crippen LogP contribution in [0.4, 0.5) is 0 Å².